The number of ether oxygens (including phenoxy) is 1. The Bertz CT molecular complexity index is 757. The van der Waals surface area contributed by atoms with Gasteiger partial charge in [0.1, 0.15) is 11.8 Å². The number of rotatable bonds is 4. The number of benzene rings is 1. The van der Waals surface area contributed by atoms with Gasteiger partial charge in [0, 0.05) is 18.7 Å². The quantitative estimate of drug-likeness (QED) is 0.922. The number of nitrogens with one attached hydrogen (secondary N) is 1. The zero-order valence-electron chi connectivity index (χ0n) is 15.1. The molecule has 0 aliphatic carbocycles. The van der Waals surface area contributed by atoms with Crippen molar-refractivity contribution in [2.75, 3.05) is 13.7 Å². The Morgan fingerprint density at radius 3 is 2.84 bits per heavy atom. The number of urea groups is 1. The smallest absolute Gasteiger partial charge is 0.318 e. The van der Waals surface area contributed by atoms with Crippen LogP contribution in [-0.4, -0.2) is 34.7 Å². The first-order valence-electron chi connectivity index (χ1n) is 8.50. The number of amides is 2. The van der Waals surface area contributed by atoms with E-state index >= 15 is 0 Å². The summed E-state index contributed by atoms with van der Waals surface area (Å²) < 4.78 is 10.7. The predicted octanol–water partition coefficient (Wildman–Crippen LogP) is 2.85. The molecule has 1 aliphatic rings. The molecule has 1 aromatic heterocycles. The van der Waals surface area contributed by atoms with Gasteiger partial charge >= 0.3 is 6.03 Å². The zero-order chi connectivity index (χ0) is 18.0. The number of aryl methyl sites for hydroxylation is 1. The van der Waals surface area contributed by atoms with Gasteiger partial charge in [-0.15, -0.1) is 0 Å². The highest BCUT2D eigenvalue weighted by molar-refractivity contribution is 5.75. The molecule has 1 N–H and O–H groups in total. The van der Waals surface area contributed by atoms with Gasteiger partial charge in [0.15, 0.2) is 5.82 Å². The fourth-order valence-electron chi connectivity index (χ4n) is 3.12. The Labute approximate surface area is 147 Å². The van der Waals surface area contributed by atoms with Crippen LogP contribution in [-0.2, 0) is 13.0 Å². The molecule has 0 bridgehead atoms. The normalized spacial score (nSPS) is 15.0. The van der Waals surface area contributed by atoms with E-state index in [1.54, 1.807) is 18.9 Å². The Hall–Kier alpha value is -2.57. The number of nitrogens with zero attached hydrogens (tertiary/aromatic N) is 3. The number of aromatic nitrogens is 2. The van der Waals surface area contributed by atoms with E-state index in [0.717, 1.165) is 17.7 Å². The summed E-state index contributed by atoms with van der Waals surface area (Å²) in [6.45, 7) is 7.00. The van der Waals surface area contributed by atoms with Gasteiger partial charge in [-0.2, -0.15) is 4.98 Å². The van der Waals surface area contributed by atoms with Gasteiger partial charge in [-0.25, -0.2) is 4.79 Å². The molecule has 1 atom stereocenters. The fraction of sp³-hybridized carbons (Fsp3) is 0.500. The Morgan fingerprint density at radius 1 is 1.40 bits per heavy atom. The first-order valence-corrected chi connectivity index (χ1v) is 8.50. The molecule has 1 aromatic carbocycles. The molecule has 2 heterocycles. The summed E-state index contributed by atoms with van der Waals surface area (Å²) in [7, 11) is 1.67. The second-order valence-electron chi connectivity index (χ2n) is 6.62. The van der Waals surface area contributed by atoms with Crippen LogP contribution in [0, 0.1) is 12.8 Å². The number of hydrogen-bond donors (Lipinski definition) is 1. The first kappa shape index (κ1) is 17.3. The van der Waals surface area contributed by atoms with E-state index in [0.29, 0.717) is 24.8 Å². The van der Waals surface area contributed by atoms with Crippen LogP contribution in [0.2, 0.25) is 0 Å². The van der Waals surface area contributed by atoms with Gasteiger partial charge < -0.3 is 19.5 Å². The van der Waals surface area contributed by atoms with Crippen molar-refractivity contribution in [2.24, 2.45) is 5.92 Å². The highest BCUT2D eigenvalue weighted by Crippen LogP contribution is 2.28. The summed E-state index contributed by atoms with van der Waals surface area (Å²) in [5.41, 5.74) is 2.30. The average molecular weight is 344 g/mol. The van der Waals surface area contributed by atoms with Crippen molar-refractivity contribution >= 4 is 6.03 Å². The summed E-state index contributed by atoms with van der Waals surface area (Å²) >= 11 is 0. The van der Waals surface area contributed by atoms with Crippen LogP contribution in [0.4, 0.5) is 4.79 Å². The number of methoxy groups -OCH3 is 1. The largest absolute Gasteiger partial charge is 0.496 e. The van der Waals surface area contributed by atoms with Crippen molar-refractivity contribution in [3.05, 3.63) is 41.0 Å². The third kappa shape index (κ3) is 3.60. The summed E-state index contributed by atoms with van der Waals surface area (Å²) in [6.07, 6.45) is 0.777. The van der Waals surface area contributed by atoms with Crippen LogP contribution >= 0.6 is 0 Å². The summed E-state index contributed by atoms with van der Waals surface area (Å²) in [5, 5.41) is 6.86. The standard InChI is InChI=1S/C18H24N4O3/c1-11(2)16(17-19-12(3)21-25-17)20-18(23)22-9-8-14-13(10-22)6-5-7-15(14)24-4/h5-7,11,16H,8-10H2,1-4H3,(H,20,23). The van der Waals surface area contributed by atoms with Crippen LogP contribution < -0.4 is 10.1 Å². The van der Waals surface area contributed by atoms with Crippen molar-refractivity contribution in [2.45, 2.75) is 39.8 Å². The number of carbonyl (C=O) groups is 1. The Morgan fingerprint density at radius 2 is 2.20 bits per heavy atom. The minimum Gasteiger partial charge on any atom is -0.496 e. The van der Waals surface area contributed by atoms with Gasteiger partial charge in [-0.05, 0) is 30.9 Å². The average Bonchev–Trinajstić information content (AvgIpc) is 3.04. The van der Waals surface area contributed by atoms with E-state index in [1.807, 2.05) is 32.0 Å². The Balaban J connectivity index is 1.73. The van der Waals surface area contributed by atoms with E-state index < -0.39 is 0 Å². The first-order chi connectivity index (χ1) is 12.0. The van der Waals surface area contributed by atoms with E-state index in [4.69, 9.17) is 9.26 Å². The molecule has 3 rings (SSSR count). The molecule has 2 amide bonds. The molecule has 0 spiro atoms. The molecular weight excluding hydrogens is 320 g/mol. The van der Waals surface area contributed by atoms with Crippen LogP contribution in [0.15, 0.2) is 22.7 Å². The van der Waals surface area contributed by atoms with Crippen molar-refractivity contribution in [1.82, 2.24) is 20.4 Å². The third-order valence-corrected chi connectivity index (χ3v) is 4.49. The predicted molar refractivity (Wildman–Crippen MR) is 92.3 cm³/mol. The number of fused-ring (bicyclic) bond motifs is 1. The van der Waals surface area contributed by atoms with Crippen LogP contribution in [0.1, 0.15) is 42.7 Å². The third-order valence-electron chi connectivity index (χ3n) is 4.49. The second kappa shape index (κ2) is 7.13. The van der Waals surface area contributed by atoms with E-state index in [9.17, 15) is 4.79 Å². The SMILES string of the molecule is COc1cccc2c1CCN(C(=O)NC(c1nc(C)no1)C(C)C)C2. The molecule has 134 valence electrons. The molecule has 25 heavy (non-hydrogen) atoms. The maximum Gasteiger partial charge on any atom is 0.318 e. The van der Waals surface area contributed by atoms with Gasteiger partial charge in [-0.1, -0.05) is 31.1 Å². The van der Waals surface area contributed by atoms with Crippen LogP contribution in [0.5, 0.6) is 5.75 Å². The van der Waals surface area contributed by atoms with Crippen LogP contribution in [0.3, 0.4) is 0 Å². The van der Waals surface area contributed by atoms with E-state index in [2.05, 4.69) is 15.5 Å². The minimum atomic E-state index is -0.305. The second-order valence-corrected chi connectivity index (χ2v) is 6.62. The summed E-state index contributed by atoms with van der Waals surface area (Å²) in [6, 6.07) is 5.53. The van der Waals surface area contributed by atoms with Gasteiger partial charge in [0.2, 0.25) is 5.89 Å². The lowest BCUT2D eigenvalue weighted by Gasteiger charge is -2.31. The molecule has 0 saturated heterocycles. The van der Waals surface area contributed by atoms with Gasteiger partial charge in [0.25, 0.3) is 0 Å². The highest BCUT2D eigenvalue weighted by atomic mass is 16.5. The molecule has 0 radical (unpaired) electrons. The van der Waals surface area contributed by atoms with Crippen molar-refractivity contribution in [3.8, 4) is 5.75 Å². The number of hydrogen-bond acceptors (Lipinski definition) is 5. The molecule has 0 fully saturated rings. The maximum absolute atomic E-state index is 12.8. The Kier molecular flexibility index (Phi) is 4.92. The number of carbonyl (C=O) groups excluding carboxylic acids is 1. The molecule has 7 nitrogen and oxygen atoms in total. The van der Waals surface area contributed by atoms with E-state index in [1.165, 1.54) is 5.56 Å². The van der Waals surface area contributed by atoms with Gasteiger partial charge in [-0.3, -0.25) is 0 Å². The molecule has 1 aliphatic heterocycles. The minimum absolute atomic E-state index is 0.122. The molecule has 2 aromatic rings. The monoisotopic (exact) mass is 344 g/mol. The molecule has 7 heteroatoms. The van der Waals surface area contributed by atoms with Crippen molar-refractivity contribution < 1.29 is 14.1 Å². The zero-order valence-corrected chi connectivity index (χ0v) is 15.1. The van der Waals surface area contributed by atoms with Gasteiger partial charge in [0.05, 0.1) is 7.11 Å². The summed E-state index contributed by atoms with van der Waals surface area (Å²) in [4.78, 5) is 18.8. The maximum atomic E-state index is 12.8. The van der Waals surface area contributed by atoms with E-state index in [-0.39, 0.29) is 18.0 Å². The molecule has 1 unspecified atom stereocenters. The molecular formula is C18H24N4O3. The molecule has 0 saturated carbocycles. The lowest BCUT2D eigenvalue weighted by Crippen LogP contribution is -2.45. The summed E-state index contributed by atoms with van der Waals surface area (Å²) in [5.74, 6) is 2.04. The topological polar surface area (TPSA) is 80.5 Å². The lowest BCUT2D eigenvalue weighted by atomic mass is 9.99. The lowest BCUT2D eigenvalue weighted by molar-refractivity contribution is 0.179. The highest BCUT2D eigenvalue weighted by Gasteiger charge is 2.28. The van der Waals surface area contributed by atoms with Crippen molar-refractivity contribution in [3.63, 3.8) is 0 Å². The van der Waals surface area contributed by atoms with Crippen molar-refractivity contribution in [1.29, 1.82) is 0 Å². The fourth-order valence-corrected chi connectivity index (χ4v) is 3.12. The van der Waals surface area contributed by atoms with Crippen LogP contribution in [0.25, 0.3) is 0 Å².